The van der Waals surface area contributed by atoms with Gasteiger partial charge in [0.05, 0.1) is 30.7 Å². The molecule has 0 spiro atoms. The zero-order valence-corrected chi connectivity index (χ0v) is 20.3. The Morgan fingerprint density at radius 1 is 1.09 bits per heavy atom. The minimum absolute atomic E-state index is 0.0503. The average Bonchev–Trinajstić information content (AvgIpc) is 3.29. The number of hydrogen-bond acceptors (Lipinski definition) is 8. The van der Waals surface area contributed by atoms with Crippen molar-refractivity contribution < 1.29 is 24.3 Å². The van der Waals surface area contributed by atoms with E-state index in [1.807, 2.05) is 18.7 Å². The first-order chi connectivity index (χ1) is 16.2. The van der Waals surface area contributed by atoms with Gasteiger partial charge in [0.25, 0.3) is 0 Å². The van der Waals surface area contributed by atoms with Crippen molar-refractivity contribution in [2.75, 3.05) is 19.8 Å². The van der Waals surface area contributed by atoms with Crippen LogP contribution in [0.5, 0.6) is 5.75 Å². The molecule has 188 valence electrons. The molecule has 0 aromatic heterocycles. The van der Waals surface area contributed by atoms with E-state index in [4.69, 9.17) is 0 Å². The summed E-state index contributed by atoms with van der Waals surface area (Å²) in [5.41, 5.74) is 0.839. The Morgan fingerprint density at radius 3 is 2.38 bits per heavy atom. The molecule has 1 aromatic carbocycles. The van der Waals surface area contributed by atoms with Crippen molar-refractivity contribution >= 4 is 24.3 Å². The van der Waals surface area contributed by atoms with Crippen LogP contribution in [0, 0.1) is 5.92 Å². The van der Waals surface area contributed by atoms with Crippen LogP contribution in [0.25, 0.3) is 0 Å². The van der Waals surface area contributed by atoms with Gasteiger partial charge in [-0.15, -0.1) is 0 Å². The Hall–Kier alpha value is -2.62. The van der Waals surface area contributed by atoms with Gasteiger partial charge in [0.2, 0.25) is 5.91 Å². The van der Waals surface area contributed by atoms with Gasteiger partial charge in [-0.1, -0.05) is 26.0 Å². The number of nitrogens with one attached hydrogen (secondary N) is 3. The normalized spacial score (nSPS) is 18.9. The zero-order valence-electron chi connectivity index (χ0n) is 20.3. The minimum Gasteiger partial charge on any atom is -0.508 e. The first-order valence-electron chi connectivity index (χ1n) is 12.0. The topological polar surface area (TPSA) is 128 Å². The van der Waals surface area contributed by atoms with Gasteiger partial charge in [-0.05, 0) is 56.2 Å². The van der Waals surface area contributed by atoms with Crippen molar-refractivity contribution in [2.45, 2.75) is 70.6 Å². The minimum atomic E-state index is -0.657. The van der Waals surface area contributed by atoms with Crippen molar-refractivity contribution in [3.8, 4) is 5.75 Å². The second-order valence-electron chi connectivity index (χ2n) is 9.40. The predicted molar refractivity (Wildman–Crippen MR) is 129 cm³/mol. The average molecular weight is 475 g/mol. The summed E-state index contributed by atoms with van der Waals surface area (Å²) in [4.78, 5) is 50.0. The molecule has 0 aliphatic carbocycles. The highest BCUT2D eigenvalue weighted by molar-refractivity contribution is 5.86. The number of hydrogen-bond donors (Lipinski definition) is 4. The Balaban J connectivity index is 1.81. The largest absolute Gasteiger partial charge is 0.508 e. The number of aromatic hydroxyl groups is 1. The number of carbonyl (C=O) groups excluding carboxylic acids is 4. The van der Waals surface area contributed by atoms with Crippen LogP contribution in [0.4, 0.5) is 0 Å². The number of carbonyl (C=O) groups is 4. The van der Waals surface area contributed by atoms with Crippen LogP contribution in [0.15, 0.2) is 24.3 Å². The highest BCUT2D eigenvalue weighted by Crippen LogP contribution is 2.17. The van der Waals surface area contributed by atoms with E-state index in [-0.39, 0.29) is 36.1 Å². The number of nitrogens with zero attached hydrogens (tertiary/aromatic N) is 1. The fourth-order valence-electron chi connectivity index (χ4n) is 4.06. The van der Waals surface area contributed by atoms with E-state index >= 15 is 0 Å². The smallest absolute Gasteiger partial charge is 0.237 e. The Labute approximate surface area is 201 Å². The van der Waals surface area contributed by atoms with Crippen LogP contribution in [0.1, 0.15) is 45.6 Å². The van der Waals surface area contributed by atoms with E-state index in [0.29, 0.717) is 31.8 Å². The molecule has 1 heterocycles. The lowest BCUT2D eigenvalue weighted by molar-refractivity contribution is -0.128. The SMILES string of the molecule is CC(C)C[C@@H](C=O)NCC(=O)[C@H](C)NCN1CCC[C@H]1C(=O)N[C@H](C=O)Cc1ccc(O)cc1. The van der Waals surface area contributed by atoms with E-state index in [0.717, 1.165) is 31.1 Å². The molecule has 9 heteroatoms. The molecule has 1 fully saturated rings. The van der Waals surface area contributed by atoms with Crippen LogP contribution >= 0.6 is 0 Å². The summed E-state index contributed by atoms with van der Waals surface area (Å²) in [5.74, 6) is 0.239. The highest BCUT2D eigenvalue weighted by atomic mass is 16.3. The van der Waals surface area contributed by atoms with Crippen LogP contribution in [-0.2, 0) is 25.6 Å². The number of likely N-dealkylation sites (tertiary alicyclic amines) is 1. The quantitative estimate of drug-likeness (QED) is 0.275. The molecule has 34 heavy (non-hydrogen) atoms. The van der Waals surface area contributed by atoms with Gasteiger partial charge in [-0.2, -0.15) is 0 Å². The van der Waals surface area contributed by atoms with Crippen molar-refractivity contribution in [3.63, 3.8) is 0 Å². The second kappa shape index (κ2) is 13.9. The zero-order chi connectivity index (χ0) is 25.1. The number of ketones is 1. The lowest BCUT2D eigenvalue weighted by atomic mass is 10.0. The molecular weight excluding hydrogens is 436 g/mol. The Bertz CT molecular complexity index is 814. The lowest BCUT2D eigenvalue weighted by Gasteiger charge is -2.27. The summed E-state index contributed by atoms with van der Waals surface area (Å²) in [6.45, 7) is 7.02. The third-order valence-electron chi connectivity index (χ3n) is 6.06. The molecule has 1 aliphatic heterocycles. The van der Waals surface area contributed by atoms with Gasteiger partial charge in [-0.25, -0.2) is 0 Å². The van der Waals surface area contributed by atoms with Crippen molar-refractivity contribution in [2.24, 2.45) is 5.92 Å². The number of rotatable bonds is 15. The number of Topliss-reactive ketones (excluding diaryl/α,β-unsaturated/α-hetero) is 1. The molecule has 0 saturated carbocycles. The third kappa shape index (κ3) is 8.96. The summed E-state index contributed by atoms with van der Waals surface area (Å²) in [7, 11) is 0. The number of aldehydes is 2. The maximum Gasteiger partial charge on any atom is 0.237 e. The molecule has 1 aliphatic rings. The first-order valence-corrected chi connectivity index (χ1v) is 12.0. The molecule has 2 rings (SSSR count). The Kier molecular flexibility index (Phi) is 11.3. The number of benzene rings is 1. The molecule has 4 N–H and O–H groups in total. The van der Waals surface area contributed by atoms with Crippen molar-refractivity contribution in [1.82, 2.24) is 20.9 Å². The molecular formula is C25H38N4O5. The molecule has 1 aromatic rings. The standard InChI is InChI=1S/C25H38N4O5/c1-17(2)11-20(14-30)26-13-24(33)18(3)27-16-29-10-4-5-23(29)25(34)28-21(15-31)12-19-6-8-22(32)9-7-19/h6-9,14-15,17-18,20-21,23,26-27,32H,4-5,10-13,16H2,1-3H3,(H,28,34)/t18-,20-,21-,23-/m0/s1. The van der Waals surface area contributed by atoms with Crippen molar-refractivity contribution in [1.29, 1.82) is 0 Å². The number of phenols is 1. The van der Waals surface area contributed by atoms with E-state index in [2.05, 4.69) is 16.0 Å². The van der Waals surface area contributed by atoms with Gasteiger partial charge in [0.1, 0.15) is 18.3 Å². The van der Waals surface area contributed by atoms with Crippen LogP contribution in [0.2, 0.25) is 0 Å². The fourth-order valence-corrected chi connectivity index (χ4v) is 4.06. The summed E-state index contributed by atoms with van der Waals surface area (Å²) in [6, 6.07) is 4.73. The van der Waals surface area contributed by atoms with Crippen LogP contribution < -0.4 is 16.0 Å². The first kappa shape index (κ1) is 27.6. The van der Waals surface area contributed by atoms with E-state index in [1.165, 1.54) is 0 Å². The van der Waals surface area contributed by atoms with E-state index in [1.54, 1.807) is 31.2 Å². The van der Waals surface area contributed by atoms with Crippen molar-refractivity contribution in [3.05, 3.63) is 29.8 Å². The number of amides is 1. The van der Waals surface area contributed by atoms with E-state index in [9.17, 15) is 24.3 Å². The fraction of sp³-hybridized carbons (Fsp3) is 0.600. The van der Waals surface area contributed by atoms with Gasteiger partial charge in [0, 0.05) is 13.2 Å². The van der Waals surface area contributed by atoms with Crippen LogP contribution in [0.3, 0.4) is 0 Å². The summed E-state index contributed by atoms with van der Waals surface area (Å²) >= 11 is 0. The molecule has 1 amide bonds. The molecule has 0 radical (unpaired) electrons. The monoisotopic (exact) mass is 474 g/mol. The van der Waals surface area contributed by atoms with Gasteiger partial charge < -0.3 is 25.3 Å². The van der Waals surface area contributed by atoms with Crippen LogP contribution in [-0.4, -0.2) is 78.2 Å². The molecule has 0 unspecified atom stereocenters. The maximum atomic E-state index is 12.9. The van der Waals surface area contributed by atoms with Gasteiger partial charge >= 0.3 is 0 Å². The molecule has 0 bridgehead atoms. The highest BCUT2D eigenvalue weighted by Gasteiger charge is 2.32. The summed E-state index contributed by atoms with van der Waals surface area (Å²) in [5, 5.41) is 18.4. The summed E-state index contributed by atoms with van der Waals surface area (Å²) in [6.07, 6.45) is 4.12. The number of phenolic OH excluding ortho intramolecular Hbond substituents is 1. The van der Waals surface area contributed by atoms with Gasteiger partial charge in [-0.3, -0.25) is 19.8 Å². The van der Waals surface area contributed by atoms with E-state index < -0.39 is 12.1 Å². The summed E-state index contributed by atoms with van der Waals surface area (Å²) < 4.78 is 0. The predicted octanol–water partition coefficient (Wildman–Crippen LogP) is 0.791. The molecule has 9 nitrogen and oxygen atoms in total. The molecule has 4 atom stereocenters. The second-order valence-corrected chi connectivity index (χ2v) is 9.40. The lowest BCUT2D eigenvalue weighted by Crippen LogP contribution is -2.52. The third-order valence-corrected chi connectivity index (χ3v) is 6.06. The van der Waals surface area contributed by atoms with Gasteiger partial charge in [0.15, 0.2) is 5.78 Å². The maximum absolute atomic E-state index is 12.9. The molecule has 1 saturated heterocycles. The Morgan fingerprint density at radius 2 is 1.76 bits per heavy atom.